The molecule has 1 unspecified atom stereocenters. The van der Waals surface area contributed by atoms with Gasteiger partial charge in [-0.15, -0.1) is 0 Å². The van der Waals surface area contributed by atoms with Crippen molar-refractivity contribution in [3.63, 3.8) is 0 Å². The van der Waals surface area contributed by atoms with Gasteiger partial charge in [-0.25, -0.2) is 0 Å². The van der Waals surface area contributed by atoms with Crippen molar-refractivity contribution >= 4 is 5.91 Å². The highest BCUT2D eigenvalue weighted by Crippen LogP contribution is 2.28. The van der Waals surface area contributed by atoms with Gasteiger partial charge in [-0.05, 0) is 31.1 Å². The van der Waals surface area contributed by atoms with Gasteiger partial charge >= 0.3 is 0 Å². The zero-order chi connectivity index (χ0) is 12.0. The van der Waals surface area contributed by atoms with Crippen molar-refractivity contribution in [2.45, 2.75) is 39.2 Å². The smallest absolute Gasteiger partial charge is 0.246 e. The Morgan fingerprint density at radius 2 is 2.19 bits per heavy atom. The van der Waals surface area contributed by atoms with E-state index in [9.17, 15) is 4.79 Å². The maximum absolute atomic E-state index is 11.5. The number of rotatable bonds is 8. The second kappa shape index (κ2) is 6.86. The number of amides is 1. The van der Waals surface area contributed by atoms with E-state index in [1.807, 2.05) is 0 Å². The van der Waals surface area contributed by atoms with E-state index in [-0.39, 0.29) is 18.6 Å². The number of carbonyl (C=O) groups is 1. The third kappa shape index (κ3) is 6.08. The maximum atomic E-state index is 11.5. The number of hydrogen-bond acceptors (Lipinski definition) is 3. The van der Waals surface area contributed by atoms with Crippen LogP contribution < -0.4 is 11.1 Å². The predicted molar refractivity (Wildman–Crippen MR) is 64.0 cm³/mol. The molecule has 16 heavy (non-hydrogen) atoms. The van der Waals surface area contributed by atoms with Gasteiger partial charge in [0.1, 0.15) is 6.61 Å². The summed E-state index contributed by atoms with van der Waals surface area (Å²) in [5, 5.41) is 2.90. The summed E-state index contributed by atoms with van der Waals surface area (Å²) in [6.07, 6.45) is 3.42. The number of nitrogens with one attached hydrogen (secondary N) is 1. The number of ether oxygens (including phenoxy) is 1. The van der Waals surface area contributed by atoms with Crippen LogP contribution in [0.2, 0.25) is 0 Å². The van der Waals surface area contributed by atoms with Crippen LogP contribution in [0.4, 0.5) is 0 Å². The summed E-state index contributed by atoms with van der Waals surface area (Å²) in [6.45, 7) is 5.64. The molecule has 1 fully saturated rings. The predicted octanol–water partition coefficient (Wildman–Crippen LogP) is 0.903. The average molecular weight is 228 g/mol. The van der Waals surface area contributed by atoms with E-state index >= 15 is 0 Å². The van der Waals surface area contributed by atoms with Crippen LogP contribution in [0, 0.1) is 11.8 Å². The van der Waals surface area contributed by atoms with Crippen LogP contribution in [-0.2, 0) is 9.53 Å². The zero-order valence-electron chi connectivity index (χ0n) is 10.4. The van der Waals surface area contributed by atoms with Crippen molar-refractivity contribution < 1.29 is 9.53 Å². The Morgan fingerprint density at radius 1 is 1.50 bits per heavy atom. The molecule has 0 bridgehead atoms. The molecule has 0 aromatic carbocycles. The first-order valence-electron chi connectivity index (χ1n) is 6.19. The number of carbonyl (C=O) groups excluding carboxylic acids is 1. The Balaban J connectivity index is 2.09. The van der Waals surface area contributed by atoms with E-state index in [4.69, 9.17) is 10.5 Å². The van der Waals surface area contributed by atoms with Gasteiger partial charge in [-0.1, -0.05) is 13.8 Å². The van der Waals surface area contributed by atoms with Gasteiger partial charge in [-0.2, -0.15) is 0 Å². The molecular formula is C12H24N2O2. The summed E-state index contributed by atoms with van der Waals surface area (Å²) in [4.78, 5) is 11.5. The fourth-order valence-electron chi connectivity index (χ4n) is 1.66. The summed E-state index contributed by atoms with van der Waals surface area (Å²) in [5.41, 5.74) is 5.60. The van der Waals surface area contributed by atoms with Crippen LogP contribution in [-0.4, -0.2) is 31.7 Å². The summed E-state index contributed by atoms with van der Waals surface area (Å²) in [7, 11) is 0. The standard InChI is InChI=1S/C12H24N2O2/c1-9(2)5-11(6-13)14-12(15)8-16-7-10-3-4-10/h9-11H,3-8,13H2,1-2H3,(H,14,15). The van der Waals surface area contributed by atoms with Crippen molar-refractivity contribution in [1.29, 1.82) is 0 Å². The molecule has 0 aromatic rings. The molecule has 1 amide bonds. The van der Waals surface area contributed by atoms with E-state index in [0.29, 0.717) is 18.4 Å². The molecule has 1 saturated carbocycles. The molecule has 4 heteroatoms. The highest BCUT2D eigenvalue weighted by Gasteiger charge is 2.21. The first-order valence-corrected chi connectivity index (χ1v) is 6.19. The Kier molecular flexibility index (Phi) is 5.77. The van der Waals surface area contributed by atoms with E-state index in [0.717, 1.165) is 13.0 Å². The summed E-state index contributed by atoms with van der Waals surface area (Å²) in [5.74, 6) is 1.20. The summed E-state index contributed by atoms with van der Waals surface area (Å²) >= 11 is 0. The fraction of sp³-hybridized carbons (Fsp3) is 0.917. The fourth-order valence-corrected chi connectivity index (χ4v) is 1.66. The van der Waals surface area contributed by atoms with Gasteiger partial charge in [0.05, 0.1) is 6.61 Å². The van der Waals surface area contributed by atoms with Crippen LogP contribution in [0.25, 0.3) is 0 Å². The molecule has 0 aromatic heterocycles. The lowest BCUT2D eigenvalue weighted by molar-refractivity contribution is -0.126. The minimum Gasteiger partial charge on any atom is -0.371 e. The van der Waals surface area contributed by atoms with E-state index in [1.165, 1.54) is 12.8 Å². The van der Waals surface area contributed by atoms with Crippen LogP contribution in [0.15, 0.2) is 0 Å². The molecule has 0 radical (unpaired) electrons. The molecule has 3 N–H and O–H groups in total. The van der Waals surface area contributed by atoms with E-state index < -0.39 is 0 Å². The van der Waals surface area contributed by atoms with Crippen LogP contribution >= 0.6 is 0 Å². The third-order valence-corrected chi connectivity index (χ3v) is 2.69. The summed E-state index contributed by atoms with van der Waals surface area (Å²) < 4.78 is 5.32. The monoisotopic (exact) mass is 228 g/mol. The lowest BCUT2D eigenvalue weighted by Crippen LogP contribution is -2.42. The highest BCUT2D eigenvalue weighted by molar-refractivity contribution is 5.77. The van der Waals surface area contributed by atoms with Gasteiger partial charge in [-0.3, -0.25) is 4.79 Å². The molecule has 0 spiro atoms. The molecule has 0 heterocycles. The van der Waals surface area contributed by atoms with Crippen LogP contribution in [0.5, 0.6) is 0 Å². The third-order valence-electron chi connectivity index (χ3n) is 2.69. The van der Waals surface area contributed by atoms with Crippen molar-refractivity contribution in [2.24, 2.45) is 17.6 Å². The molecule has 0 aliphatic heterocycles. The minimum absolute atomic E-state index is 0.0447. The van der Waals surface area contributed by atoms with Gasteiger partial charge in [0.15, 0.2) is 0 Å². The van der Waals surface area contributed by atoms with Crippen molar-refractivity contribution in [3.8, 4) is 0 Å². The molecule has 4 nitrogen and oxygen atoms in total. The SMILES string of the molecule is CC(C)CC(CN)NC(=O)COCC1CC1. The van der Waals surface area contributed by atoms with Crippen molar-refractivity contribution in [1.82, 2.24) is 5.32 Å². The van der Waals surface area contributed by atoms with Gasteiger partial charge in [0.25, 0.3) is 0 Å². The lowest BCUT2D eigenvalue weighted by atomic mass is 10.0. The Hall–Kier alpha value is -0.610. The molecular weight excluding hydrogens is 204 g/mol. The van der Waals surface area contributed by atoms with Crippen molar-refractivity contribution in [2.75, 3.05) is 19.8 Å². The molecule has 1 aliphatic carbocycles. The first kappa shape index (κ1) is 13.5. The largest absolute Gasteiger partial charge is 0.371 e. The number of hydrogen-bond donors (Lipinski definition) is 2. The Morgan fingerprint density at radius 3 is 2.69 bits per heavy atom. The van der Waals surface area contributed by atoms with E-state index in [2.05, 4.69) is 19.2 Å². The lowest BCUT2D eigenvalue weighted by Gasteiger charge is -2.18. The highest BCUT2D eigenvalue weighted by atomic mass is 16.5. The van der Waals surface area contributed by atoms with Crippen LogP contribution in [0.3, 0.4) is 0 Å². The van der Waals surface area contributed by atoms with Crippen LogP contribution in [0.1, 0.15) is 33.1 Å². The molecule has 94 valence electrons. The molecule has 1 atom stereocenters. The second-order valence-electron chi connectivity index (χ2n) is 5.09. The second-order valence-corrected chi connectivity index (χ2v) is 5.09. The maximum Gasteiger partial charge on any atom is 0.246 e. The molecule has 1 rings (SSSR count). The van der Waals surface area contributed by atoms with Gasteiger partial charge < -0.3 is 15.8 Å². The normalized spacial score (nSPS) is 17.5. The summed E-state index contributed by atoms with van der Waals surface area (Å²) in [6, 6.07) is 0.0806. The average Bonchev–Trinajstić information content (AvgIpc) is 3.00. The first-order chi connectivity index (χ1) is 7.61. The van der Waals surface area contributed by atoms with Crippen molar-refractivity contribution in [3.05, 3.63) is 0 Å². The molecule has 0 saturated heterocycles. The van der Waals surface area contributed by atoms with Gasteiger partial charge in [0, 0.05) is 12.6 Å². The van der Waals surface area contributed by atoms with Gasteiger partial charge in [0.2, 0.25) is 5.91 Å². The quantitative estimate of drug-likeness (QED) is 0.649. The zero-order valence-corrected chi connectivity index (χ0v) is 10.4. The Bertz CT molecular complexity index is 215. The minimum atomic E-state index is -0.0447. The topological polar surface area (TPSA) is 64.3 Å². The van der Waals surface area contributed by atoms with E-state index in [1.54, 1.807) is 0 Å². The molecule has 1 aliphatic rings. The number of nitrogens with two attached hydrogens (primary N) is 1. The Labute approximate surface area is 97.9 Å².